The number of hydrogen-bond donors (Lipinski definition) is 1. The molecule has 2 aromatic carbocycles. The van der Waals surface area contributed by atoms with Crippen LogP contribution in [-0.2, 0) is 0 Å². The van der Waals surface area contributed by atoms with Gasteiger partial charge in [-0.25, -0.2) is 4.79 Å². The van der Waals surface area contributed by atoms with Gasteiger partial charge in [-0.05, 0) is 60.0 Å². The molecule has 4 heteroatoms. The van der Waals surface area contributed by atoms with Gasteiger partial charge in [-0.3, -0.25) is 0 Å². The van der Waals surface area contributed by atoms with Crippen molar-refractivity contribution in [1.82, 2.24) is 0 Å². The van der Waals surface area contributed by atoms with Gasteiger partial charge >= 0.3 is 5.97 Å². The fourth-order valence-corrected chi connectivity index (χ4v) is 2.64. The number of aryl methyl sites for hydroxylation is 1. The van der Waals surface area contributed by atoms with E-state index in [4.69, 9.17) is 21.4 Å². The van der Waals surface area contributed by atoms with Crippen LogP contribution in [0, 0.1) is 6.92 Å². The SMILES string of the molecule is Cc1ccc(Cl)cc1C1=CCOc2ccc(C(=O)O)cc21. The highest BCUT2D eigenvalue weighted by molar-refractivity contribution is 6.30. The first kappa shape index (κ1) is 13.7. The third-order valence-electron chi connectivity index (χ3n) is 3.53. The molecule has 0 bridgehead atoms. The number of carboxylic acids is 1. The van der Waals surface area contributed by atoms with Crippen LogP contribution in [0.1, 0.15) is 27.0 Å². The first-order valence-corrected chi connectivity index (χ1v) is 6.91. The van der Waals surface area contributed by atoms with Crippen LogP contribution in [0.5, 0.6) is 5.75 Å². The summed E-state index contributed by atoms with van der Waals surface area (Å²) < 4.78 is 5.58. The number of fused-ring (bicyclic) bond motifs is 1. The molecule has 0 saturated carbocycles. The lowest BCUT2D eigenvalue weighted by atomic mass is 9.91. The Kier molecular flexibility index (Phi) is 3.43. The van der Waals surface area contributed by atoms with Crippen LogP contribution in [0.4, 0.5) is 0 Å². The van der Waals surface area contributed by atoms with Gasteiger partial charge in [0.15, 0.2) is 0 Å². The number of benzene rings is 2. The minimum Gasteiger partial charge on any atom is -0.489 e. The van der Waals surface area contributed by atoms with Gasteiger partial charge in [0.2, 0.25) is 0 Å². The Morgan fingerprint density at radius 3 is 2.76 bits per heavy atom. The Morgan fingerprint density at radius 2 is 2.00 bits per heavy atom. The van der Waals surface area contributed by atoms with E-state index in [0.29, 0.717) is 17.4 Å². The van der Waals surface area contributed by atoms with Gasteiger partial charge in [0.05, 0.1) is 5.56 Å². The summed E-state index contributed by atoms with van der Waals surface area (Å²) in [5.74, 6) is -0.262. The standard InChI is InChI=1S/C17H13ClO3/c1-10-2-4-12(18)9-14(10)13-6-7-21-16-5-3-11(17(19)20)8-15(13)16/h2-6,8-9H,7H2,1H3,(H,19,20). The Balaban J connectivity index is 2.18. The number of ether oxygens (including phenoxy) is 1. The van der Waals surface area contributed by atoms with E-state index in [9.17, 15) is 4.79 Å². The predicted molar refractivity (Wildman–Crippen MR) is 82.2 cm³/mol. The van der Waals surface area contributed by atoms with Crippen LogP contribution in [-0.4, -0.2) is 17.7 Å². The van der Waals surface area contributed by atoms with E-state index in [0.717, 1.165) is 22.3 Å². The molecule has 0 amide bonds. The Bertz CT molecular complexity index is 763. The molecule has 0 fully saturated rings. The van der Waals surface area contributed by atoms with Gasteiger partial charge in [0.25, 0.3) is 0 Å². The molecule has 1 aliphatic heterocycles. The number of halogens is 1. The molecule has 1 heterocycles. The smallest absolute Gasteiger partial charge is 0.335 e. The van der Waals surface area contributed by atoms with Crippen molar-refractivity contribution < 1.29 is 14.6 Å². The van der Waals surface area contributed by atoms with Crippen molar-refractivity contribution >= 4 is 23.1 Å². The largest absolute Gasteiger partial charge is 0.489 e. The van der Waals surface area contributed by atoms with Crippen LogP contribution in [0.25, 0.3) is 5.57 Å². The number of carboxylic acid groups (broad SMARTS) is 1. The molecule has 106 valence electrons. The zero-order valence-corrected chi connectivity index (χ0v) is 12.1. The molecule has 0 saturated heterocycles. The molecule has 21 heavy (non-hydrogen) atoms. The number of carbonyl (C=O) groups is 1. The second-order valence-electron chi connectivity index (χ2n) is 4.90. The van der Waals surface area contributed by atoms with Crippen molar-refractivity contribution in [2.24, 2.45) is 0 Å². The fourth-order valence-electron chi connectivity index (χ4n) is 2.46. The van der Waals surface area contributed by atoms with Crippen molar-refractivity contribution in [2.75, 3.05) is 6.61 Å². The minimum absolute atomic E-state index is 0.241. The molecule has 0 radical (unpaired) electrons. The second-order valence-corrected chi connectivity index (χ2v) is 5.34. The minimum atomic E-state index is -0.953. The van der Waals surface area contributed by atoms with Crippen molar-refractivity contribution in [3.8, 4) is 5.75 Å². The lowest BCUT2D eigenvalue weighted by molar-refractivity contribution is 0.0697. The summed E-state index contributed by atoms with van der Waals surface area (Å²) in [7, 11) is 0. The summed E-state index contributed by atoms with van der Waals surface area (Å²) in [5.41, 5.74) is 4.06. The average molecular weight is 301 g/mol. The molecule has 0 aliphatic carbocycles. The summed E-state index contributed by atoms with van der Waals surface area (Å²) in [5, 5.41) is 9.81. The molecule has 1 aliphatic rings. The van der Waals surface area contributed by atoms with E-state index in [2.05, 4.69) is 0 Å². The average Bonchev–Trinajstić information content (AvgIpc) is 2.48. The van der Waals surface area contributed by atoms with Crippen molar-refractivity contribution in [1.29, 1.82) is 0 Å². The normalized spacial score (nSPS) is 13.1. The predicted octanol–water partition coefficient (Wildman–Crippen LogP) is 4.17. The highest BCUT2D eigenvalue weighted by Gasteiger charge is 2.19. The quantitative estimate of drug-likeness (QED) is 0.905. The molecule has 0 spiro atoms. The fraction of sp³-hybridized carbons (Fsp3) is 0.118. The zero-order valence-electron chi connectivity index (χ0n) is 11.4. The van der Waals surface area contributed by atoms with Crippen LogP contribution in [0.15, 0.2) is 42.5 Å². The Labute approximate surface area is 127 Å². The highest BCUT2D eigenvalue weighted by Crippen LogP contribution is 2.37. The van der Waals surface area contributed by atoms with E-state index in [1.165, 1.54) is 0 Å². The number of aromatic carboxylic acids is 1. The van der Waals surface area contributed by atoms with E-state index < -0.39 is 5.97 Å². The summed E-state index contributed by atoms with van der Waals surface area (Å²) in [6.45, 7) is 2.46. The Morgan fingerprint density at radius 1 is 1.19 bits per heavy atom. The van der Waals surface area contributed by atoms with Gasteiger partial charge in [-0.1, -0.05) is 17.7 Å². The first-order chi connectivity index (χ1) is 10.1. The summed E-state index contributed by atoms with van der Waals surface area (Å²) in [6.07, 6.45) is 1.95. The van der Waals surface area contributed by atoms with Crippen molar-refractivity contribution in [3.05, 3.63) is 69.8 Å². The van der Waals surface area contributed by atoms with Gasteiger partial charge < -0.3 is 9.84 Å². The molecule has 0 atom stereocenters. The molecule has 0 unspecified atom stereocenters. The lowest BCUT2D eigenvalue weighted by Crippen LogP contribution is -2.08. The molecular weight excluding hydrogens is 288 g/mol. The van der Waals surface area contributed by atoms with Gasteiger partial charge in [-0.2, -0.15) is 0 Å². The molecule has 0 aromatic heterocycles. The van der Waals surface area contributed by atoms with Crippen molar-refractivity contribution in [3.63, 3.8) is 0 Å². The summed E-state index contributed by atoms with van der Waals surface area (Å²) in [6, 6.07) is 10.6. The second kappa shape index (κ2) is 5.26. The van der Waals surface area contributed by atoms with Gasteiger partial charge in [0, 0.05) is 10.6 Å². The highest BCUT2D eigenvalue weighted by atomic mass is 35.5. The van der Waals surface area contributed by atoms with Gasteiger partial charge in [0.1, 0.15) is 12.4 Å². The first-order valence-electron chi connectivity index (χ1n) is 6.53. The lowest BCUT2D eigenvalue weighted by Gasteiger charge is -2.20. The topological polar surface area (TPSA) is 46.5 Å². The maximum atomic E-state index is 11.2. The van der Waals surface area contributed by atoms with Crippen LogP contribution in [0.3, 0.4) is 0 Å². The summed E-state index contributed by atoms with van der Waals surface area (Å²) >= 11 is 6.09. The van der Waals surface area contributed by atoms with Crippen LogP contribution < -0.4 is 4.74 Å². The number of rotatable bonds is 2. The zero-order chi connectivity index (χ0) is 15.0. The maximum absolute atomic E-state index is 11.2. The third-order valence-corrected chi connectivity index (χ3v) is 3.77. The monoisotopic (exact) mass is 300 g/mol. The van der Waals surface area contributed by atoms with Crippen molar-refractivity contribution in [2.45, 2.75) is 6.92 Å². The summed E-state index contributed by atoms with van der Waals surface area (Å²) in [4.78, 5) is 11.2. The molecule has 2 aromatic rings. The third kappa shape index (κ3) is 2.52. The van der Waals surface area contributed by atoms with E-state index in [1.54, 1.807) is 18.2 Å². The molecule has 3 rings (SSSR count). The van der Waals surface area contributed by atoms with E-state index in [1.807, 2.05) is 31.2 Å². The molecule has 3 nitrogen and oxygen atoms in total. The van der Waals surface area contributed by atoms with E-state index in [-0.39, 0.29) is 5.56 Å². The maximum Gasteiger partial charge on any atom is 0.335 e. The molecular formula is C17H13ClO3. The van der Waals surface area contributed by atoms with E-state index >= 15 is 0 Å². The molecule has 1 N–H and O–H groups in total. The van der Waals surface area contributed by atoms with Crippen LogP contribution >= 0.6 is 11.6 Å². The van der Waals surface area contributed by atoms with Crippen LogP contribution in [0.2, 0.25) is 5.02 Å². The van der Waals surface area contributed by atoms with Gasteiger partial charge in [-0.15, -0.1) is 0 Å². The Hall–Kier alpha value is -2.26. The number of hydrogen-bond acceptors (Lipinski definition) is 2.